The van der Waals surface area contributed by atoms with Crippen LogP contribution in [-0.2, 0) is 0 Å². The monoisotopic (exact) mass is 323 g/mol. The molecule has 1 fully saturated rings. The summed E-state index contributed by atoms with van der Waals surface area (Å²) in [4.78, 5) is 15.8. The number of carbonyl (C=O) groups excluding carboxylic acids is 1. The lowest BCUT2D eigenvalue weighted by molar-refractivity contribution is 0.129. The van der Waals surface area contributed by atoms with Crippen LogP contribution in [-0.4, -0.2) is 55.4 Å². The number of nitrogens with one attached hydrogen (secondary N) is 1. The number of nitrogens with zero attached hydrogens (tertiary/aromatic N) is 2. The molecule has 5 nitrogen and oxygen atoms in total. The van der Waals surface area contributed by atoms with E-state index in [1.807, 2.05) is 11.9 Å². The SMILES string of the molecule is C[C@@H](O)[C@H]1CCN(C(=O)NCCCN(C)c2ccc(F)cc2)C1. The fraction of sp³-hybridized carbons (Fsp3) is 0.588. The van der Waals surface area contributed by atoms with Gasteiger partial charge in [-0.3, -0.25) is 0 Å². The number of urea groups is 1. The van der Waals surface area contributed by atoms with E-state index in [0.717, 1.165) is 25.1 Å². The molecule has 0 saturated carbocycles. The number of aliphatic hydroxyl groups excluding tert-OH is 1. The minimum absolute atomic E-state index is 0.0578. The summed E-state index contributed by atoms with van der Waals surface area (Å²) in [6.45, 7) is 4.48. The smallest absolute Gasteiger partial charge is 0.317 e. The van der Waals surface area contributed by atoms with Crippen molar-refractivity contribution in [1.82, 2.24) is 10.2 Å². The number of hydrogen-bond acceptors (Lipinski definition) is 3. The summed E-state index contributed by atoms with van der Waals surface area (Å²) in [6.07, 6.45) is 1.31. The van der Waals surface area contributed by atoms with Gasteiger partial charge in [-0.05, 0) is 44.0 Å². The van der Waals surface area contributed by atoms with Crippen LogP contribution in [0.4, 0.5) is 14.9 Å². The van der Waals surface area contributed by atoms with Gasteiger partial charge in [0, 0.05) is 44.8 Å². The summed E-state index contributed by atoms with van der Waals surface area (Å²) in [5.41, 5.74) is 0.956. The Balaban J connectivity index is 1.65. The fourth-order valence-corrected chi connectivity index (χ4v) is 2.81. The molecule has 0 bridgehead atoms. The van der Waals surface area contributed by atoms with Gasteiger partial charge in [0.2, 0.25) is 0 Å². The molecule has 2 N–H and O–H groups in total. The third-order valence-electron chi connectivity index (χ3n) is 4.41. The molecule has 1 aliphatic heterocycles. The highest BCUT2D eigenvalue weighted by atomic mass is 19.1. The van der Waals surface area contributed by atoms with E-state index in [4.69, 9.17) is 0 Å². The summed E-state index contributed by atoms with van der Waals surface area (Å²) < 4.78 is 12.9. The molecule has 6 heteroatoms. The maximum absolute atomic E-state index is 12.9. The van der Waals surface area contributed by atoms with Crippen LogP contribution in [0.3, 0.4) is 0 Å². The van der Waals surface area contributed by atoms with E-state index in [-0.39, 0.29) is 23.9 Å². The van der Waals surface area contributed by atoms with Gasteiger partial charge in [-0.25, -0.2) is 9.18 Å². The Labute approximate surface area is 137 Å². The Morgan fingerprint density at radius 2 is 2.17 bits per heavy atom. The average molecular weight is 323 g/mol. The van der Waals surface area contributed by atoms with Crippen LogP contribution in [0.2, 0.25) is 0 Å². The summed E-state index contributed by atoms with van der Waals surface area (Å²) in [5, 5.41) is 12.5. The number of halogens is 1. The molecular weight excluding hydrogens is 297 g/mol. The first kappa shape index (κ1) is 17.5. The van der Waals surface area contributed by atoms with Gasteiger partial charge in [-0.15, -0.1) is 0 Å². The lowest BCUT2D eigenvalue weighted by Gasteiger charge is -2.21. The largest absolute Gasteiger partial charge is 0.393 e. The van der Waals surface area contributed by atoms with E-state index in [0.29, 0.717) is 19.6 Å². The zero-order chi connectivity index (χ0) is 16.8. The third kappa shape index (κ3) is 5.10. The number of aliphatic hydroxyl groups is 1. The van der Waals surface area contributed by atoms with Crippen LogP contribution < -0.4 is 10.2 Å². The van der Waals surface area contributed by atoms with Crippen molar-refractivity contribution in [2.24, 2.45) is 5.92 Å². The molecular formula is C17H26FN3O2. The highest BCUT2D eigenvalue weighted by molar-refractivity contribution is 5.74. The summed E-state index contributed by atoms with van der Waals surface area (Å²) in [6, 6.07) is 6.32. The van der Waals surface area contributed by atoms with E-state index in [1.165, 1.54) is 12.1 Å². The van der Waals surface area contributed by atoms with Gasteiger partial charge in [0.25, 0.3) is 0 Å². The van der Waals surface area contributed by atoms with Crippen LogP contribution in [0.15, 0.2) is 24.3 Å². The molecule has 1 saturated heterocycles. The number of likely N-dealkylation sites (tertiary alicyclic amines) is 1. The quantitative estimate of drug-likeness (QED) is 0.788. The number of carbonyl (C=O) groups is 1. The van der Waals surface area contributed by atoms with Crippen molar-refractivity contribution in [2.45, 2.75) is 25.9 Å². The highest BCUT2D eigenvalue weighted by Gasteiger charge is 2.28. The molecule has 2 amide bonds. The Hall–Kier alpha value is -1.82. The Kier molecular flexibility index (Phi) is 6.21. The van der Waals surface area contributed by atoms with Gasteiger partial charge in [-0.1, -0.05) is 0 Å². The van der Waals surface area contributed by atoms with E-state index >= 15 is 0 Å². The van der Waals surface area contributed by atoms with Crippen LogP contribution in [0, 0.1) is 11.7 Å². The first-order chi connectivity index (χ1) is 11.0. The normalized spacial score (nSPS) is 18.8. The molecule has 0 unspecified atom stereocenters. The molecule has 1 aliphatic rings. The van der Waals surface area contributed by atoms with E-state index in [2.05, 4.69) is 5.32 Å². The second kappa shape index (κ2) is 8.15. The summed E-state index contributed by atoms with van der Waals surface area (Å²) >= 11 is 0. The van der Waals surface area contributed by atoms with Gasteiger partial charge in [0.1, 0.15) is 5.82 Å². The number of anilines is 1. The van der Waals surface area contributed by atoms with Crippen molar-refractivity contribution in [1.29, 1.82) is 0 Å². The van der Waals surface area contributed by atoms with Crippen molar-refractivity contribution in [3.05, 3.63) is 30.1 Å². The molecule has 0 aromatic heterocycles. The molecule has 0 radical (unpaired) electrons. The number of benzene rings is 1. The zero-order valence-electron chi connectivity index (χ0n) is 13.8. The average Bonchev–Trinajstić information content (AvgIpc) is 3.02. The van der Waals surface area contributed by atoms with Crippen molar-refractivity contribution in [3.63, 3.8) is 0 Å². The standard InChI is InChI=1S/C17H26FN3O2/c1-13(22)14-8-11-21(12-14)17(23)19-9-3-10-20(2)16-6-4-15(18)5-7-16/h4-7,13-14,22H,3,8-12H2,1-2H3,(H,19,23)/t13-,14+/m1/s1. The molecule has 1 heterocycles. The predicted molar refractivity (Wildman–Crippen MR) is 89.0 cm³/mol. The minimum Gasteiger partial charge on any atom is -0.393 e. The van der Waals surface area contributed by atoms with Crippen molar-refractivity contribution in [2.75, 3.05) is 38.1 Å². The maximum Gasteiger partial charge on any atom is 0.317 e. The molecule has 128 valence electrons. The van der Waals surface area contributed by atoms with E-state index in [9.17, 15) is 14.3 Å². The zero-order valence-corrected chi connectivity index (χ0v) is 13.8. The van der Waals surface area contributed by atoms with E-state index in [1.54, 1.807) is 24.0 Å². The molecule has 0 spiro atoms. The molecule has 23 heavy (non-hydrogen) atoms. The van der Waals surface area contributed by atoms with Crippen LogP contribution in [0.25, 0.3) is 0 Å². The molecule has 2 rings (SSSR count). The number of rotatable bonds is 6. The summed E-state index contributed by atoms with van der Waals surface area (Å²) in [7, 11) is 1.95. The second-order valence-corrected chi connectivity index (χ2v) is 6.22. The summed E-state index contributed by atoms with van der Waals surface area (Å²) in [5.74, 6) is -0.0547. The van der Waals surface area contributed by atoms with Gasteiger partial charge in [0.05, 0.1) is 6.10 Å². The van der Waals surface area contributed by atoms with Gasteiger partial charge in [0.15, 0.2) is 0 Å². The van der Waals surface area contributed by atoms with Gasteiger partial charge in [-0.2, -0.15) is 0 Å². The van der Waals surface area contributed by atoms with Crippen molar-refractivity contribution in [3.8, 4) is 0 Å². The Bertz CT molecular complexity index is 507. The first-order valence-corrected chi connectivity index (χ1v) is 8.15. The van der Waals surface area contributed by atoms with Crippen molar-refractivity contribution < 1.29 is 14.3 Å². The molecule has 1 aromatic rings. The topological polar surface area (TPSA) is 55.8 Å². The lowest BCUT2D eigenvalue weighted by Crippen LogP contribution is -2.40. The Morgan fingerprint density at radius 3 is 2.78 bits per heavy atom. The molecule has 0 aliphatic carbocycles. The highest BCUT2D eigenvalue weighted by Crippen LogP contribution is 2.19. The lowest BCUT2D eigenvalue weighted by atomic mass is 10.0. The predicted octanol–water partition coefficient (Wildman–Crippen LogP) is 2.06. The van der Waals surface area contributed by atoms with Crippen molar-refractivity contribution >= 4 is 11.7 Å². The van der Waals surface area contributed by atoms with E-state index < -0.39 is 0 Å². The third-order valence-corrected chi connectivity index (χ3v) is 4.41. The first-order valence-electron chi connectivity index (χ1n) is 8.15. The number of hydrogen-bond donors (Lipinski definition) is 2. The van der Waals surface area contributed by atoms with Crippen LogP contribution in [0.1, 0.15) is 19.8 Å². The van der Waals surface area contributed by atoms with Gasteiger partial charge < -0.3 is 20.2 Å². The minimum atomic E-state index is -0.364. The fourth-order valence-electron chi connectivity index (χ4n) is 2.81. The van der Waals surface area contributed by atoms with Crippen LogP contribution in [0.5, 0.6) is 0 Å². The van der Waals surface area contributed by atoms with Gasteiger partial charge >= 0.3 is 6.03 Å². The Morgan fingerprint density at radius 1 is 1.48 bits per heavy atom. The molecule has 1 aromatic carbocycles. The number of amides is 2. The molecule has 2 atom stereocenters. The second-order valence-electron chi connectivity index (χ2n) is 6.22. The maximum atomic E-state index is 12.9. The van der Waals surface area contributed by atoms with Crippen LogP contribution >= 0.6 is 0 Å².